The fourth-order valence-corrected chi connectivity index (χ4v) is 2.39. The third-order valence-electron chi connectivity index (χ3n) is 3.68. The maximum atomic E-state index is 12.8. The van der Waals surface area contributed by atoms with E-state index in [-0.39, 0.29) is 5.78 Å². The second kappa shape index (κ2) is 5.70. The van der Waals surface area contributed by atoms with Crippen molar-refractivity contribution in [3.63, 3.8) is 0 Å². The number of ketones is 1. The first kappa shape index (κ1) is 14.0. The molecule has 0 aliphatic rings. The molecule has 0 N–H and O–H groups in total. The van der Waals surface area contributed by atoms with E-state index in [4.69, 9.17) is 0 Å². The van der Waals surface area contributed by atoms with Crippen LogP contribution in [0.1, 0.15) is 38.2 Å². The summed E-state index contributed by atoms with van der Waals surface area (Å²) < 4.78 is 0. The molecule has 0 saturated heterocycles. The summed E-state index contributed by atoms with van der Waals surface area (Å²) >= 11 is 0. The Balaban J connectivity index is 2.58. The molecule has 0 aliphatic heterocycles. The largest absolute Gasteiger partial charge is 0.289 e. The summed E-state index contributed by atoms with van der Waals surface area (Å²) in [5.41, 5.74) is 5.38. The molecule has 20 heavy (non-hydrogen) atoms. The van der Waals surface area contributed by atoms with Gasteiger partial charge in [0.25, 0.3) is 0 Å². The second-order valence-corrected chi connectivity index (χ2v) is 4.78. The highest BCUT2D eigenvalue weighted by Gasteiger charge is 2.15. The van der Waals surface area contributed by atoms with Gasteiger partial charge in [0.1, 0.15) is 0 Å². The van der Waals surface area contributed by atoms with E-state index >= 15 is 0 Å². The van der Waals surface area contributed by atoms with Crippen LogP contribution in [0.3, 0.4) is 0 Å². The zero-order valence-electron chi connectivity index (χ0n) is 11.9. The van der Waals surface area contributed by atoms with Gasteiger partial charge in [-0.25, -0.2) is 0 Å². The van der Waals surface area contributed by atoms with E-state index in [0.29, 0.717) is 0 Å². The lowest BCUT2D eigenvalue weighted by molar-refractivity contribution is 0.103. The smallest absolute Gasteiger partial charge is 0.193 e. The predicted octanol–water partition coefficient (Wildman–Crippen LogP) is 4.82. The van der Waals surface area contributed by atoms with Crippen LogP contribution in [0.15, 0.2) is 49.6 Å². The Bertz CT molecular complexity index is 633. The summed E-state index contributed by atoms with van der Waals surface area (Å²) in [5.74, 6) is 0.0485. The van der Waals surface area contributed by atoms with E-state index in [2.05, 4.69) is 13.2 Å². The van der Waals surface area contributed by atoms with Crippen LogP contribution in [0.2, 0.25) is 0 Å². The number of carbonyl (C=O) groups excluding carboxylic acids is 1. The Labute approximate surface area is 120 Å². The monoisotopic (exact) mass is 262 g/mol. The van der Waals surface area contributed by atoms with Crippen LogP contribution >= 0.6 is 0 Å². The Hall–Kier alpha value is -2.41. The molecular formula is C19H18O. The van der Waals surface area contributed by atoms with Gasteiger partial charge in [-0.1, -0.05) is 61.7 Å². The number of benzene rings is 2. The van der Waals surface area contributed by atoms with Crippen molar-refractivity contribution in [3.8, 4) is 0 Å². The summed E-state index contributed by atoms with van der Waals surface area (Å²) in [4.78, 5) is 12.8. The minimum absolute atomic E-state index is 0.0485. The predicted molar refractivity (Wildman–Crippen MR) is 86.0 cm³/mol. The molecule has 2 rings (SSSR count). The lowest BCUT2D eigenvalue weighted by atomic mass is 9.92. The molecule has 0 unspecified atom stereocenters. The molecule has 0 amide bonds. The van der Waals surface area contributed by atoms with Crippen LogP contribution in [0.4, 0.5) is 0 Å². The van der Waals surface area contributed by atoms with Crippen molar-refractivity contribution in [1.82, 2.24) is 0 Å². The van der Waals surface area contributed by atoms with Gasteiger partial charge < -0.3 is 0 Å². The minimum atomic E-state index is 0.0485. The molecule has 0 aliphatic carbocycles. The van der Waals surface area contributed by atoms with Gasteiger partial charge in [0.05, 0.1) is 0 Å². The van der Waals surface area contributed by atoms with Crippen LogP contribution in [0, 0.1) is 13.8 Å². The number of carbonyl (C=O) groups is 1. The highest BCUT2D eigenvalue weighted by molar-refractivity contribution is 6.11. The summed E-state index contributed by atoms with van der Waals surface area (Å²) in [7, 11) is 0. The molecule has 0 aromatic heterocycles. The molecule has 1 heteroatoms. The summed E-state index contributed by atoms with van der Waals surface area (Å²) in [6.45, 7) is 11.5. The number of hydrogen-bond acceptors (Lipinski definition) is 1. The fourth-order valence-electron chi connectivity index (χ4n) is 2.39. The molecule has 0 saturated carbocycles. The Kier molecular flexibility index (Phi) is 3.99. The molecule has 100 valence electrons. The van der Waals surface area contributed by atoms with Crippen LogP contribution in [-0.2, 0) is 0 Å². The molecule has 1 nitrogen and oxygen atoms in total. The third-order valence-corrected chi connectivity index (χ3v) is 3.68. The van der Waals surface area contributed by atoms with Crippen molar-refractivity contribution in [2.45, 2.75) is 13.8 Å². The highest BCUT2D eigenvalue weighted by atomic mass is 16.1. The van der Waals surface area contributed by atoms with Crippen LogP contribution in [0.5, 0.6) is 0 Å². The summed E-state index contributed by atoms with van der Waals surface area (Å²) in [6, 6.07) is 11.4. The van der Waals surface area contributed by atoms with Gasteiger partial charge in [-0.15, -0.1) is 0 Å². The molecule has 0 atom stereocenters. The van der Waals surface area contributed by atoms with Gasteiger partial charge in [-0.3, -0.25) is 4.79 Å². The van der Waals surface area contributed by atoms with E-state index in [9.17, 15) is 4.79 Å². The van der Waals surface area contributed by atoms with Gasteiger partial charge in [0.15, 0.2) is 5.78 Å². The second-order valence-electron chi connectivity index (χ2n) is 4.78. The van der Waals surface area contributed by atoms with Crippen LogP contribution < -0.4 is 0 Å². The average molecular weight is 262 g/mol. The van der Waals surface area contributed by atoms with E-state index in [1.54, 1.807) is 12.2 Å². The average Bonchev–Trinajstić information content (AvgIpc) is 2.47. The summed E-state index contributed by atoms with van der Waals surface area (Å²) in [6.07, 6.45) is 3.55. The van der Waals surface area contributed by atoms with Crippen LogP contribution in [-0.4, -0.2) is 5.78 Å². The zero-order chi connectivity index (χ0) is 14.7. The molecule has 0 spiro atoms. The molecule has 0 fully saturated rings. The van der Waals surface area contributed by atoms with E-state index in [0.717, 1.165) is 33.4 Å². The van der Waals surface area contributed by atoms with Crippen LogP contribution in [0.25, 0.3) is 12.2 Å². The molecule has 2 aromatic rings. The van der Waals surface area contributed by atoms with Gasteiger partial charge >= 0.3 is 0 Å². The standard InChI is InChI=1S/C19H18O/c1-5-15-9-7-11-17(13(15)3)19(20)18-12-8-10-16(6-2)14(18)4/h5-12H,1-2H2,3-4H3. The number of rotatable bonds is 4. The Morgan fingerprint density at radius 3 is 1.60 bits per heavy atom. The third kappa shape index (κ3) is 2.35. The van der Waals surface area contributed by atoms with Gasteiger partial charge in [-0.2, -0.15) is 0 Å². The zero-order valence-corrected chi connectivity index (χ0v) is 11.9. The SMILES string of the molecule is C=Cc1cccc(C(=O)c2cccc(C=C)c2C)c1C. The summed E-state index contributed by atoms with van der Waals surface area (Å²) in [5, 5.41) is 0. The molecule has 0 heterocycles. The first-order valence-electron chi connectivity index (χ1n) is 6.59. The first-order chi connectivity index (χ1) is 9.60. The quantitative estimate of drug-likeness (QED) is 0.722. The van der Waals surface area contributed by atoms with Crippen molar-refractivity contribution in [2.24, 2.45) is 0 Å². The van der Waals surface area contributed by atoms with Gasteiger partial charge in [0, 0.05) is 11.1 Å². The fraction of sp³-hybridized carbons (Fsp3) is 0.105. The first-order valence-corrected chi connectivity index (χ1v) is 6.59. The number of hydrogen-bond donors (Lipinski definition) is 0. The molecule has 0 bridgehead atoms. The van der Waals surface area contributed by atoms with Gasteiger partial charge in [0.2, 0.25) is 0 Å². The minimum Gasteiger partial charge on any atom is -0.289 e. The topological polar surface area (TPSA) is 17.1 Å². The Morgan fingerprint density at radius 2 is 1.25 bits per heavy atom. The van der Waals surface area contributed by atoms with E-state index < -0.39 is 0 Å². The Morgan fingerprint density at radius 1 is 0.850 bits per heavy atom. The lowest BCUT2D eigenvalue weighted by Crippen LogP contribution is -2.07. The van der Waals surface area contributed by atoms with Crippen molar-refractivity contribution >= 4 is 17.9 Å². The molecule has 0 radical (unpaired) electrons. The maximum absolute atomic E-state index is 12.8. The highest BCUT2D eigenvalue weighted by Crippen LogP contribution is 2.22. The van der Waals surface area contributed by atoms with Crippen molar-refractivity contribution in [1.29, 1.82) is 0 Å². The molecular weight excluding hydrogens is 244 g/mol. The molecule has 2 aromatic carbocycles. The normalized spacial score (nSPS) is 10.1. The van der Waals surface area contributed by atoms with E-state index in [1.807, 2.05) is 50.2 Å². The van der Waals surface area contributed by atoms with E-state index in [1.165, 1.54) is 0 Å². The van der Waals surface area contributed by atoms with Crippen molar-refractivity contribution < 1.29 is 4.79 Å². The van der Waals surface area contributed by atoms with Crippen molar-refractivity contribution in [3.05, 3.63) is 82.9 Å². The van der Waals surface area contributed by atoms with Crippen molar-refractivity contribution in [2.75, 3.05) is 0 Å². The van der Waals surface area contributed by atoms with Gasteiger partial charge in [-0.05, 0) is 36.1 Å². The maximum Gasteiger partial charge on any atom is 0.193 e. The lowest BCUT2D eigenvalue weighted by Gasteiger charge is -2.11.